The van der Waals surface area contributed by atoms with E-state index in [2.05, 4.69) is 45.4 Å². The number of nitrogens with zero attached hydrogens (tertiary/aromatic N) is 4. The fourth-order valence-corrected chi connectivity index (χ4v) is 8.33. The maximum Gasteiger partial charge on any atom is 0.319 e. The second-order valence-corrected chi connectivity index (χ2v) is 13.2. The van der Waals surface area contributed by atoms with E-state index in [4.69, 9.17) is 21.9 Å². The van der Waals surface area contributed by atoms with Crippen LogP contribution in [-0.2, 0) is 12.1 Å². The second kappa shape index (κ2) is 10.7. The predicted octanol–water partition coefficient (Wildman–Crippen LogP) is 6.03. The number of benzene rings is 4. The first kappa shape index (κ1) is 29.1. The molecule has 1 aromatic heterocycles. The normalized spacial score (nSPS) is 22.8. The lowest BCUT2D eigenvalue weighted by Crippen LogP contribution is -2.52. The summed E-state index contributed by atoms with van der Waals surface area (Å²) >= 11 is 0. The number of nitrogens with two attached hydrogens (primary N) is 1. The number of hydrogen-bond donors (Lipinski definition) is 2. The lowest BCUT2D eigenvalue weighted by molar-refractivity contribution is 0.0826. The minimum absolute atomic E-state index is 0.00574. The molecule has 5 heterocycles. The largest absolute Gasteiger partial charge is 0.461 e. The number of halogens is 3. The Morgan fingerprint density at radius 1 is 1.02 bits per heavy atom. The summed E-state index contributed by atoms with van der Waals surface area (Å²) in [6.45, 7) is 3.18. The van der Waals surface area contributed by atoms with Gasteiger partial charge in [0.15, 0.2) is 5.82 Å². The van der Waals surface area contributed by atoms with Crippen LogP contribution in [0.5, 0.6) is 6.01 Å². The lowest BCUT2D eigenvalue weighted by Gasteiger charge is -2.35. The Morgan fingerprint density at radius 3 is 2.65 bits per heavy atom. The Bertz CT molecular complexity index is 2230. The highest BCUT2D eigenvalue weighted by molar-refractivity contribution is 6.05. The number of piperazine rings is 1. The Kier molecular flexibility index (Phi) is 6.48. The van der Waals surface area contributed by atoms with Crippen molar-refractivity contribution >= 4 is 33.2 Å². The maximum absolute atomic E-state index is 17.0. The van der Waals surface area contributed by atoms with Gasteiger partial charge in [0.25, 0.3) is 0 Å². The Hall–Kier alpha value is -5.11. The summed E-state index contributed by atoms with van der Waals surface area (Å²) in [6, 6.07) is 15.5. The zero-order chi connectivity index (χ0) is 32.7. The molecule has 0 amide bonds. The van der Waals surface area contributed by atoms with Gasteiger partial charge in [-0.15, -0.1) is 6.42 Å². The first-order valence-corrected chi connectivity index (χ1v) is 16.2. The van der Waals surface area contributed by atoms with E-state index in [0.29, 0.717) is 24.3 Å². The third-order valence-corrected chi connectivity index (χ3v) is 10.4. The molecule has 0 spiro atoms. The smallest absolute Gasteiger partial charge is 0.319 e. The van der Waals surface area contributed by atoms with Crippen molar-refractivity contribution in [3.05, 3.63) is 101 Å². The number of nitrogen functional groups attached to an aromatic ring is 1. The molecule has 2 unspecified atom stereocenters. The number of hydrogen-bond acceptors (Lipinski definition) is 7. The number of aromatic nitrogens is 2. The maximum atomic E-state index is 17.0. The van der Waals surface area contributed by atoms with Crippen LogP contribution in [0, 0.1) is 29.8 Å². The van der Waals surface area contributed by atoms with Crippen molar-refractivity contribution in [2.24, 2.45) is 0 Å². The summed E-state index contributed by atoms with van der Waals surface area (Å²) in [5, 5.41) is 4.37. The van der Waals surface area contributed by atoms with E-state index in [0.717, 1.165) is 25.9 Å². The highest BCUT2D eigenvalue weighted by atomic mass is 19.1. The van der Waals surface area contributed by atoms with Crippen molar-refractivity contribution in [2.45, 2.75) is 37.0 Å². The summed E-state index contributed by atoms with van der Waals surface area (Å²) in [6.07, 6.45) is 11.9. The van der Waals surface area contributed by atoms with E-state index in [1.165, 1.54) is 35.4 Å². The van der Waals surface area contributed by atoms with Gasteiger partial charge in [-0.2, -0.15) is 9.97 Å². The summed E-state index contributed by atoms with van der Waals surface area (Å²) in [5.74, 6) is 0.281. The van der Waals surface area contributed by atoms with Crippen molar-refractivity contribution < 1.29 is 17.9 Å². The number of terminal acetylenes is 1. The van der Waals surface area contributed by atoms with Crippen LogP contribution in [0.3, 0.4) is 0 Å². The molecule has 2 fully saturated rings. The molecule has 3 N–H and O–H groups in total. The minimum Gasteiger partial charge on any atom is -0.461 e. The number of nitrogens with one attached hydrogen (secondary N) is 1. The third-order valence-electron chi connectivity index (χ3n) is 10.4. The molecule has 7 nitrogen and oxygen atoms in total. The van der Waals surface area contributed by atoms with Crippen LogP contribution in [0.2, 0.25) is 0 Å². The van der Waals surface area contributed by atoms with Gasteiger partial charge in [-0.25, -0.2) is 13.2 Å². The van der Waals surface area contributed by atoms with Gasteiger partial charge in [0.1, 0.15) is 29.6 Å². The van der Waals surface area contributed by atoms with Crippen molar-refractivity contribution in [2.75, 3.05) is 36.9 Å². The molecule has 240 valence electrons. The predicted molar refractivity (Wildman–Crippen MR) is 180 cm³/mol. The van der Waals surface area contributed by atoms with Gasteiger partial charge in [0.05, 0.1) is 16.7 Å². The van der Waals surface area contributed by atoms with Crippen LogP contribution >= 0.6 is 0 Å². The highest BCUT2D eigenvalue weighted by Crippen LogP contribution is 2.47. The first-order valence-electron chi connectivity index (χ1n) is 16.2. The number of anilines is 2. The molecule has 2 bridgehead atoms. The number of ether oxygens (including phenoxy) is 1. The lowest BCUT2D eigenvalue weighted by atomic mass is 9.89. The zero-order valence-electron chi connectivity index (χ0n) is 25.9. The SMILES string of the molecule is C#Cc1c(F)ccc2cc(N)cc(-c3c(F)cc4c(N5CC6C=CC(C5)N6)nc(OC[C@]56CCCN5Cc5ccccc56)nc4c3F)c12. The molecule has 2 saturated heterocycles. The molecule has 4 aromatic carbocycles. The monoisotopic (exact) mass is 644 g/mol. The minimum atomic E-state index is -0.930. The van der Waals surface area contributed by atoms with E-state index >= 15 is 8.78 Å². The molecule has 4 aliphatic heterocycles. The summed E-state index contributed by atoms with van der Waals surface area (Å²) < 4.78 is 54.8. The fourth-order valence-electron chi connectivity index (χ4n) is 8.33. The number of fused-ring (bicyclic) bond motifs is 7. The molecule has 0 saturated carbocycles. The quantitative estimate of drug-likeness (QED) is 0.137. The average Bonchev–Trinajstić information content (AvgIpc) is 3.74. The zero-order valence-corrected chi connectivity index (χ0v) is 25.9. The van der Waals surface area contributed by atoms with Crippen LogP contribution < -0.4 is 20.7 Å². The number of rotatable bonds is 5. The van der Waals surface area contributed by atoms with Gasteiger partial charge in [0, 0.05) is 48.2 Å². The molecule has 0 aliphatic carbocycles. The van der Waals surface area contributed by atoms with Crippen LogP contribution in [0.15, 0.2) is 66.7 Å². The van der Waals surface area contributed by atoms with Gasteiger partial charge in [-0.05, 0) is 65.7 Å². The van der Waals surface area contributed by atoms with E-state index in [-0.39, 0.29) is 63.3 Å². The van der Waals surface area contributed by atoms with Crippen LogP contribution in [0.1, 0.15) is 29.5 Å². The van der Waals surface area contributed by atoms with E-state index in [1.54, 1.807) is 6.07 Å². The Morgan fingerprint density at radius 2 is 1.83 bits per heavy atom. The molecule has 48 heavy (non-hydrogen) atoms. The van der Waals surface area contributed by atoms with E-state index in [1.807, 2.05) is 17.0 Å². The van der Waals surface area contributed by atoms with E-state index < -0.39 is 23.0 Å². The van der Waals surface area contributed by atoms with E-state index in [9.17, 15) is 4.39 Å². The molecular weight excluding hydrogens is 613 g/mol. The van der Waals surface area contributed by atoms with Crippen molar-refractivity contribution in [1.82, 2.24) is 20.2 Å². The Balaban J connectivity index is 1.22. The molecular formula is C38H31F3N6O. The molecule has 5 aromatic rings. The molecule has 9 rings (SSSR count). The van der Waals surface area contributed by atoms with Crippen molar-refractivity contribution in [3.63, 3.8) is 0 Å². The highest BCUT2D eigenvalue weighted by Gasteiger charge is 2.48. The second-order valence-electron chi connectivity index (χ2n) is 13.2. The fraction of sp³-hybridized carbons (Fsp3) is 0.263. The van der Waals surface area contributed by atoms with Gasteiger partial charge in [0.2, 0.25) is 0 Å². The summed E-state index contributed by atoms with van der Waals surface area (Å²) in [4.78, 5) is 13.9. The topological polar surface area (TPSA) is 79.5 Å². The third kappa shape index (κ3) is 4.31. The van der Waals surface area contributed by atoms with Crippen LogP contribution in [0.25, 0.3) is 32.8 Å². The molecule has 10 heteroatoms. The molecule has 3 atom stereocenters. The van der Waals surface area contributed by atoms with Gasteiger partial charge in [-0.3, -0.25) is 4.90 Å². The van der Waals surface area contributed by atoms with Crippen molar-refractivity contribution in [3.8, 4) is 29.5 Å². The van der Waals surface area contributed by atoms with Gasteiger partial charge < -0.3 is 20.7 Å². The average molecular weight is 645 g/mol. The van der Waals surface area contributed by atoms with Crippen LogP contribution in [-0.4, -0.2) is 53.2 Å². The summed E-state index contributed by atoms with van der Waals surface area (Å²) in [7, 11) is 0. The summed E-state index contributed by atoms with van der Waals surface area (Å²) in [5.41, 5.74) is 8.05. The van der Waals surface area contributed by atoms with Crippen molar-refractivity contribution in [1.29, 1.82) is 0 Å². The van der Waals surface area contributed by atoms with Crippen LogP contribution in [0.4, 0.5) is 24.7 Å². The first-order chi connectivity index (χ1) is 23.3. The van der Waals surface area contributed by atoms with Gasteiger partial charge >= 0.3 is 6.01 Å². The van der Waals surface area contributed by atoms with Gasteiger partial charge in [-0.1, -0.05) is 48.4 Å². The Labute approximate surface area is 275 Å². The molecule has 0 radical (unpaired) electrons. The molecule has 4 aliphatic rings. The standard InChI is InChI=1S/C38H31F3N6O/c1-2-26-30(39)11-8-21-14-23(42)15-27(32(21)26)33-31(40)16-28-35(34(33)41)44-37(45-36(28)46-18-24-9-10-25(19-46)43-24)48-20-38-12-5-13-47(38)17-22-6-3-4-7-29(22)38/h1,3-4,6-11,14-16,24-25,43H,5,12-13,17-20,42H2/t24?,25?,38-/m0/s1.